The molecule has 0 saturated heterocycles. The van der Waals surface area contributed by atoms with E-state index in [0.717, 1.165) is 0 Å². The third kappa shape index (κ3) is 3.36. The van der Waals surface area contributed by atoms with Gasteiger partial charge in [0.2, 0.25) is 5.91 Å². The van der Waals surface area contributed by atoms with Crippen LogP contribution in [0.2, 0.25) is 5.02 Å². The summed E-state index contributed by atoms with van der Waals surface area (Å²) >= 11 is 7.35. The van der Waals surface area contributed by atoms with Gasteiger partial charge in [-0.25, -0.2) is 13.4 Å². The minimum absolute atomic E-state index is 0.120. The molecular weight excluding hydrogens is 356 g/mol. The van der Waals surface area contributed by atoms with Crippen LogP contribution in [0.1, 0.15) is 0 Å². The molecule has 1 aromatic heterocycles. The smallest absolute Gasteiger partial charge is 0.240 e. The molecule has 23 heavy (non-hydrogen) atoms. The number of halogens is 1. The summed E-state index contributed by atoms with van der Waals surface area (Å²) in [6, 6.07) is 11.1. The first kappa shape index (κ1) is 15.9. The van der Waals surface area contributed by atoms with Gasteiger partial charge in [-0.15, -0.1) is 11.3 Å². The van der Waals surface area contributed by atoms with Crippen LogP contribution in [0.4, 0.5) is 5.69 Å². The van der Waals surface area contributed by atoms with Gasteiger partial charge in [0.15, 0.2) is 9.84 Å². The molecule has 0 atom stereocenters. The third-order valence-electron chi connectivity index (χ3n) is 3.13. The predicted octanol–water partition coefficient (Wildman–Crippen LogP) is 3.36. The summed E-state index contributed by atoms with van der Waals surface area (Å²) in [4.78, 5) is 16.4. The topological polar surface area (TPSA) is 76.1 Å². The normalized spacial score (nSPS) is 11.5. The van der Waals surface area contributed by atoms with E-state index in [4.69, 9.17) is 11.6 Å². The van der Waals surface area contributed by atoms with Gasteiger partial charge in [-0.2, -0.15) is 0 Å². The molecule has 0 spiro atoms. The molecular formula is C15H11ClN2O3S2. The summed E-state index contributed by atoms with van der Waals surface area (Å²) in [5, 5.41) is 3.10. The van der Waals surface area contributed by atoms with Crippen molar-refractivity contribution >= 4 is 54.6 Å². The summed E-state index contributed by atoms with van der Waals surface area (Å²) in [6.45, 7) is 0. The van der Waals surface area contributed by atoms with E-state index in [-0.39, 0.29) is 4.90 Å². The first-order valence-electron chi connectivity index (χ1n) is 6.57. The van der Waals surface area contributed by atoms with Crippen molar-refractivity contribution in [2.45, 2.75) is 4.90 Å². The van der Waals surface area contributed by atoms with Gasteiger partial charge in [0.25, 0.3) is 0 Å². The average molecular weight is 367 g/mol. The number of aromatic nitrogens is 1. The third-order valence-corrected chi connectivity index (χ3v) is 5.93. The highest BCUT2D eigenvalue weighted by Crippen LogP contribution is 2.32. The fourth-order valence-corrected chi connectivity index (χ4v) is 4.29. The minimum Gasteiger partial charge on any atom is -0.324 e. The molecule has 3 rings (SSSR count). The second kappa shape index (κ2) is 6.27. The van der Waals surface area contributed by atoms with E-state index >= 15 is 0 Å². The van der Waals surface area contributed by atoms with Gasteiger partial charge in [0.05, 0.1) is 25.8 Å². The van der Waals surface area contributed by atoms with E-state index < -0.39 is 21.5 Å². The first-order valence-corrected chi connectivity index (χ1v) is 9.48. The fourth-order valence-electron chi connectivity index (χ4n) is 2.09. The Balaban J connectivity index is 1.82. The van der Waals surface area contributed by atoms with Gasteiger partial charge >= 0.3 is 0 Å². The molecule has 5 nitrogen and oxygen atoms in total. The summed E-state index contributed by atoms with van der Waals surface area (Å²) < 4.78 is 25.1. The quantitative estimate of drug-likeness (QED) is 0.768. The van der Waals surface area contributed by atoms with Crippen LogP contribution in [0.15, 0.2) is 52.9 Å². The van der Waals surface area contributed by atoms with E-state index in [1.54, 1.807) is 35.8 Å². The van der Waals surface area contributed by atoms with Gasteiger partial charge < -0.3 is 5.32 Å². The van der Waals surface area contributed by atoms with Crippen molar-refractivity contribution < 1.29 is 13.2 Å². The van der Waals surface area contributed by atoms with Crippen LogP contribution in [-0.4, -0.2) is 25.1 Å². The van der Waals surface area contributed by atoms with Gasteiger partial charge in [-0.3, -0.25) is 4.79 Å². The Labute approximate surface area is 141 Å². The van der Waals surface area contributed by atoms with E-state index in [1.807, 2.05) is 0 Å². The molecule has 0 aliphatic rings. The van der Waals surface area contributed by atoms with E-state index in [0.29, 0.717) is 20.9 Å². The first-order chi connectivity index (χ1) is 11.0. The minimum atomic E-state index is -3.68. The lowest BCUT2D eigenvalue weighted by Gasteiger charge is -2.07. The Kier molecular flexibility index (Phi) is 4.34. The lowest BCUT2D eigenvalue weighted by Crippen LogP contribution is -2.23. The van der Waals surface area contributed by atoms with Gasteiger partial charge in [-0.05, 0) is 24.3 Å². The standard InChI is InChI=1S/C15H11ClN2O3S2/c16-11-6-7-12(15-14(11)17-9-22-15)18-13(19)8-23(20,21)10-4-2-1-3-5-10/h1-7,9H,8H2,(H,18,19). The average Bonchev–Trinajstić information content (AvgIpc) is 3.01. The molecule has 3 aromatic rings. The molecule has 0 radical (unpaired) electrons. The molecule has 1 heterocycles. The fraction of sp³-hybridized carbons (Fsp3) is 0.0667. The Bertz CT molecular complexity index is 969. The predicted molar refractivity (Wildman–Crippen MR) is 91.8 cm³/mol. The largest absolute Gasteiger partial charge is 0.324 e. The lowest BCUT2D eigenvalue weighted by atomic mass is 10.3. The SMILES string of the molecule is O=C(CS(=O)(=O)c1ccccc1)Nc1ccc(Cl)c2ncsc12. The number of nitrogens with one attached hydrogen (secondary N) is 1. The van der Waals surface area contributed by atoms with Crippen molar-refractivity contribution in [3.63, 3.8) is 0 Å². The van der Waals surface area contributed by atoms with Crippen LogP contribution >= 0.6 is 22.9 Å². The van der Waals surface area contributed by atoms with Gasteiger partial charge in [0, 0.05) is 0 Å². The van der Waals surface area contributed by atoms with E-state index in [9.17, 15) is 13.2 Å². The van der Waals surface area contributed by atoms with Gasteiger partial charge in [0.1, 0.15) is 11.3 Å². The molecule has 0 bridgehead atoms. The number of hydrogen-bond acceptors (Lipinski definition) is 5. The zero-order valence-corrected chi connectivity index (χ0v) is 14.1. The van der Waals surface area contributed by atoms with Crippen molar-refractivity contribution in [2.75, 3.05) is 11.1 Å². The van der Waals surface area contributed by atoms with Crippen LogP contribution < -0.4 is 5.32 Å². The zero-order valence-electron chi connectivity index (χ0n) is 11.7. The molecule has 0 aliphatic carbocycles. The van der Waals surface area contributed by atoms with Gasteiger partial charge in [-0.1, -0.05) is 29.8 Å². The number of nitrogens with zero attached hydrogens (tertiary/aromatic N) is 1. The maximum absolute atomic E-state index is 12.2. The number of benzene rings is 2. The molecule has 0 aliphatic heterocycles. The second-order valence-electron chi connectivity index (χ2n) is 4.75. The maximum atomic E-state index is 12.2. The number of fused-ring (bicyclic) bond motifs is 1. The molecule has 0 fully saturated rings. The van der Waals surface area contributed by atoms with Crippen LogP contribution in [0.25, 0.3) is 10.2 Å². The van der Waals surface area contributed by atoms with Crippen LogP contribution in [0.3, 0.4) is 0 Å². The van der Waals surface area contributed by atoms with Crippen molar-refractivity contribution in [1.82, 2.24) is 4.98 Å². The summed E-state index contributed by atoms with van der Waals surface area (Å²) in [6.07, 6.45) is 0. The number of hydrogen-bond donors (Lipinski definition) is 1. The summed E-state index contributed by atoms with van der Waals surface area (Å²) in [5.74, 6) is -1.23. The molecule has 1 N–H and O–H groups in total. The second-order valence-corrected chi connectivity index (χ2v) is 8.00. The van der Waals surface area contributed by atoms with Crippen LogP contribution in [0.5, 0.6) is 0 Å². The van der Waals surface area contributed by atoms with Crippen molar-refractivity contribution in [2.24, 2.45) is 0 Å². The van der Waals surface area contributed by atoms with Crippen molar-refractivity contribution in [3.8, 4) is 0 Å². The lowest BCUT2D eigenvalue weighted by molar-refractivity contribution is -0.113. The van der Waals surface area contributed by atoms with Crippen molar-refractivity contribution in [1.29, 1.82) is 0 Å². The monoisotopic (exact) mass is 366 g/mol. The van der Waals surface area contributed by atoms with E-state index in [1.165, 1.54) is 23.5 Å². The Morgan fingerprint density at radius 1 is 1.17 bits per heavy atom. The van der Waals surface area contributed by atoms with Crippen LogP contribution in [-0.2, 0) is 14.6 Å². The van der Waals surface area contributed by atoms with E-state index in [2.05, 4.69) is 10.3 Å². The number of amides is 1. The Morgan fingerprint density at radius 3 is 2.65 bits per heavy atom. The number of thiazole rings is 1. The highest BCUT2D eigenvalue weighted by atomic mass is 35.5. The molecule has 2 aromatic carbocycles. The van der Waals surface area contributed by atoms with Crippen molar-refractivity contribution in [3.05, 3.63) is 53.0 Å². The zero-order chi connectivity index (χ0) is 16.4. The number of rotatable bonds is 4. The molecule has 8 heteroatoms. The number of carbonyl (C=O) groups is 1. The summed E-state index contributed by atoms with van der Waals surface area (Å²) in [5.41, 5.74) is 2.70. The van der Waals surface area contributed by atoms with Crippen LogP contribution in [0, 0.1) is 0 Å². The Morgan fingerprint density at radius 2 is 1.91 bits per heavy atom. The molecule has 1 amide bonds. The molecule has 118 valence electrons. The maximum Gasteiger partial charge on any atom is 0.240 e. The number of carbonyl (C=O) groups excluding carboxylic acids is 1. The molecule has 0 saturated carbocycles. The highest BCUT2D eigenvalue weighted by Gasteiger charge is 2.20. The Hall–Kier alpha value is -1.96. The number of anilines is 1. The summed E-state index contributed by atoms with van der Waals surface area (Å²) in [7, 11) is -3.68. The number of sulfone groups is 1. The molecule has 0 unspecified atom stereocenters. The highest BCUT2D eigenvalue weighted by molar-refractivity contribution is 7.92.